The van der Waals surface area contributed by atoms with Crippen LogP contribution >= 0.6 is 0 Å². The molecule has 0 spiro atoms. The molecule has 0 aromatic carbocycles. The van der Waals surface area contributed by atoms with Crippen LogP contribution in [0.5, 0.6) is 0 Å². The Morgan fingerprint density at radius 3 is 1.67 bits per heavy atom. The summed E-state index contributed by atoms with van der Waals surface area (Å²) in [5.74, 6) is 0.570. The molecule has 0 aromatic rings. The molecule has 4 unspecified atom stereocenters. The summed E-state index contributed by atoms with van der Waals surface area (Å²) in [6.07, 6.45) is 16.4. The van der Waals surface area contributed by atoms with Gasteiger partial charge in [-0.05, 0) is 159 Å². The van der Waals surface area contributed by atoms with Gasteiger partial charge in [-0.2, -0.15) is 0 Å². The second-order valence-electron chi connectivity index (χ2n) is 19.2. The summed E-state index contributed by atoms with van der Waals surface area (Å²) in [5, 5.41) is -0.315. The lowest BCUT2D eigenvalue weighted by molar-refractivity contribution is 0.0745. The van der Waals surface area contributed by atoms with Crippen molar-refractivity contribution in [1.29, 1.82) is 0 Å². The molecule has 0 radical (unpaired) electrons. The average Bonchev–Trinajstić information content (AvgIpc) is 3.99. The third-order valence-electron chi connectivity index (χ3n) is 15.7. The minimum Gasteiger partial charge on any atom is -0.406 e. The van der Waals surface area contributed by atoms with Gasteiger partial charge in [0, 0.05) is 74.0 Å². The van der Waals surface area contributed by atoms with Gasteiger partial charge in [0.2, 0.25) is 0 Å². The van der Waals surface area contributed by atoms with E-state index < -0.39 is 43.0 Å². The maximum atomic E-state index is 7.08. The molecule has 4 rings (SSSR count). The lowest BCUT2D eigenvalue weighted by Crippen LogP contribution is -2.64. The van der Waals surface area contributed by atoms with Gasteiger partial charge in [-0.15, -0.1) is 0 Å². The molecule has 4 atom stereocenters. The number of rotatable bonds is 27. The van der Waals surface area contributed by atoms with Gasteiger partial charge >= 0.3 is 26.2 Å². The molecule has 4 N–H and O–H groups in total. The Balaban J connectivity index is 1.75. The summed E-state index contributed by atoms with van der Waals surface area (Å²) in [4.78, 5) is 0. The van der Waals surface area contributed by atoms with Crippen LogP contribution in [0.15, 0.2) is 0 Å². The van der Waals surface area contributed by atoms with Crippen LogP contribution in [0.1, 0.15) is 96.3 Å². The normalized spacial score (nSPS) is 28.2. The van der Waals surface area contributed by atoms with E-state index in [9.17, 15) is 0 Å². The number of nitrogens with two attached hydrogens (primary N) is 2. The van der Waals surface area contributed by atoms with Crippen LogP contribution < -0.4 is 11.5 Å². The van der Waals surface area contributed by atoms with Gasteiger partial charge in [-0.3, -0.25) is 9.13 Å². The zero-order valence-electron chi connectivity index (χ0n) is 39.1. The van der Waals surface area contributed by atoms with E-state index in [4.69, 9.17) is 46.9 Å². The van der Waals surface area contributed by atoms with Gasteiger partial charge < -0.3 is 51.1 Å². The molecule has 0 amide bonds. The van der Waals surface area contributed by atoms with Crippen LogP contribution in [0.2, 0.25) is 48.4 Å². The van der Waals surface area contributed by atoms with E-state index in [1.165, 1.54) is 31.7 Å². The smallest absolute Gasteiger partial charge is 0.406 e. The van der Waals surface area contributed by atoms with Crippen molar-refractivity contribution in [3.8, 4) is 0 Å². The molecule has 4 fully saturated rings. The Kier molecular flexibility index (Phi) is 19.8. The molecule has 0 bridgehead atoms. The Morgan fingerprint density at radius 1 is 0.690 bits per heavy atom. The van der Waals surface area contributed by atoms with Crippen LogP contribution in [0.3, 0.4) is 0 Å². The minimum atomic E-state index is -3.24. The molecule has 1 aliphatic carbocycles. The maximum absolute atomic E-state index is 7.08. The number of nitrogens with zero attached hydrogens (tertiary/aromatic N) is 3. The molecular formula is C40H89N5O8Si5. The van der Waals surface area contributed by atoms with E-state index in [0.717, 1.165) is 129 Å². The van der Waals surface area contributed by atoms with E-state index in [2.05, 4.69) is 33.0 Å². The highest BCUT2D eigenvalue weighted by atomic mass is 28.4. The fraction of sp³-hybridized carbons (Fsp3) is 1.00. The summed E-state index contributed by atoms with van der Waals surface area (Å²) >= 11 is 0. The minimum absolute atomic E-state index is 0.150. The Morgan fingerprint density at radius 2 is 1.22 bits per heavy atom. The van der Waals surface area contributed by atoms with Crippen molar-refractivity contribution in [1.82, 2.24) is 13.4 Å². The predicted octanol–water partition coefficient (Wildman–Crippen LogP) is 6.69. The predicted molar refractivity (Wildman–Crippen MR) is 246 cm³/mol. The number of hydrogen-bond donors (Lipinski definition) is 2. The average molecular weight is 909 g/mol. The van der Waals surface area contributed by atoms with E-state index in [-0.39, 0.29) is 10.5 Å². The first kappa shape index (κ1) is 51.2. The quantitative estimate of drug-likeness (QED) is 0.0849. The molecule has 0 aromatic heterocycles. The lowest BCUT2D eigenvalue weighted by Gasteiger charge is -2.50. The van der Waals surface area contributed by atoms with Crippen molar-refractivity contribution >= 4 is 43.0 Å². The second-order valence-corrected chi connectivity index (χ2v) is 38.7. The molecule has 3 saturated heterocycles. The van der Waals surface area contributed by atoms with Gasteiger partial charge in [0.15, 0.2) is 0 Å². The fourth-order valence-electron chi connectivity index (χ4n) is 12.6. The van der Waals surface area contributed by atoms with Gasteiger partial charge in [0.25, 0.3) is 8.48 Å². The van der Waals surface area contributed by atoms with Crippen LogP contribution in [0, 0.1) is 11.3 Å². The summed E-state index contributed by atoms with van der Waals surface area (Å²) in [5.41, 5.74) is 13.7. The summed E-state index contributed by atoms with van der Waals surface area (Å²) < 4.78 is 59.7. The van der Waals surface area contributed by atoms with Crippen molar-refractivity contribution in [2.24, 2.45) is 22.8 Å². The molecule has 4 aliphatic rings. The fourth-order valence-corrected chi connectivity index (χ4v) is 32.6. The van der Waals surface area contributed by atoms with Gasteiger partial charge in [0.05, 0.1) is 0 Å². The molecule has 1 saturated carbocycles. The highest BCUT2D eigenvalue weighted by Gasteiger charge is 2.61. The molecule has 3 heterocycles. The molecule has 13 nitrogen and oxygen atoms in total. The first-order valence-corrected chi connectivity index (χ1v) is 34.1. The second kappa shape index (κ2) is 22.5. The van der Waals surface area contributed by atoms with Gasteiger partial charge in [0.1, 0.15) is 8.24 Å². The highest BCUT2D eigenvalue weighted by molar-refractivity contribution is 6.89. The Bertz CT molecular complexity index is 1170. The highest BCUT2D eigenvalue weighted by Crippen LogP contribution is 2.56. The van der Waals surface area contributed by atoms with Gasteiger partial charge in [-0.25, -0.2) is 0 Å². The van der Waals surface area contributed by atoms with Crippen LogP contribution in [-0.2, 0) is 35.4 Å². The van der Waals surface area contributed by atoms with Crippen LogP contribution in [0.4, 0.5) is 0 Å². The lowest BCUT2D eigenvalue weighted by atomic mass is 9.67. The van der Waals surface area contributed by atoms with Crippen molar-refractivity contribution in [3.63, 3.8) is 0 Å². The Hall–Kier alpha value is 0.564. The van der Waals surface area contributed by atoms with E-state index in [0.29, 0.717) is 11.5 Å². The first-order valence-electron chi connectivity index (χ1n) is 22.8. The molecule has 3 aliphatic heterocycles. The van der Waals surface area contributed by atoms with E-state index in [1.807, 2.05) is 56.9 Å². The van der Waals surface area contributed by atoms with Crippen molar-refractivity contribution in [2.75, 3.05) is 103 Å². The third kappa shape index (κ3) is 10.7. The topological polar surface area (TPSA) is 136 Å². The van der Waals surface area contributed by atoms with Gasteiger partial charge in [-0.1, -0.05) is 26.1 Å². The largest absolute Gasteiger partial charge is 0.506 e. The maximum Gasteiger partial charge on any atom is 0.506 e. The molecular weight excluding hydrogens is 819 g/mol. The van der Waals surface area contributed by atoms with E-state index in [1.54, 1.807) is 0 Å². The first-order chi connectivity index (χ1) is 27.7. The van der Waals surface area contributed by atoms with Crippen molar-refractivity contribution in [2.45, 2.75) is 145 Å². The van der Waals surface area contributed by atoms with Crippen LogP contribution in [-0.4, -0.2) is 159 Å². The molecule has 18 heteroatoms. The molecule has 342 valence electrons. The molecule has 58 heavy (non-hydrogen) atoms. The zero-order chi connectivity index (χ0) is 42.7. The summed E-state index contributed by atoms with van der Waals surface area (Å²) in [7, 11) is 2.77. The summed E-state index contributed by atoms with van der Waals surface area (Å²) in [6.45, 7) is 14.1. The van der Waals surface area contributed by atoms with Crippen molar-refractivity contribution in [3.05, 3.63) is 0 Å². The monoisotopic (exact) mass is 908 g/mol. The van der Waals surface area contributed by atoms with Crippen LogP contribution in [0.25, 0.3) is 0 Å². The van der Waals surface area contributed by atoms with Crippen molar-refractivity contribution < 1.29 is 35.4 Å². The SMILES string of the molecule is CO[Si]1(OC)CCCN1CCCC(CCCN1CCC[Si]1(OC)OC)(CCC(CCC1(CN)CCCC(CN)C1)[Si]1(OC)CCCN1[Si](C)(C)C)[Si](OC)(OC)OC. The third-order valence-corrected chi connectivity index (χ3v) is 36.4. The Labute approximate surface area is 360 Å². The standard InChI is InChI=1S/C40H89N5O8Si5/c1-46-55(31-17-30-45(55)54(9,10)11)38(19-24-39(36-42)21-12-18-37(34-39)35-41)20-25-40(58(51-6,52-7)53-8,22-13-26-43-28-15-32-56(43,47-2)48-3)23-14-27-44-29-16-33-57(44,49-4)50-5/h37-38H,12-36,41-42H2,1-11H3. The zero-order valence-corrected chi connectivity index (χ0v) is 44.1. The number of hydrogen-bond acceptors (Lipinski definition) is 13. The van der Waals surface area contributed by atoms with E-state index >= 15 is 0 Å². The summed E-state index contributed by atoms with van der Waals surface area (Å²) in [6, 6.07) is 3.21.